The van der Waals surface area contributed by atoms with E-state index in [1.54, 1.807) is 24.3 Å². The number of rotatable bonds is 7. The van der Waals surface area contributed by atoms with Crippen molar-refractivity contribution in [2.24, 2.45) is 0 Å². The lowest BCUT2D eigenvalue weighted by atomic mass is 10.1. The molecule has 1 aromatic heterocycles. The Balaban J connectivity index is 1.37. The highest BCUT2D eigenvalue weighted by Gasteiger charge is 2.27. The number of anilines is 2. The molecule has 0 radical (unpaired) electrons. The SMILES string of the molecule is CC(Nc1ccc(S(=O)(=O)N2CCCC2)cn1)c1ccc(NC(=O)c2ccc(F)cc2)cc1. The van der Waals surface area contributed by atoms with Crippen LogP contribution in [0.1, 0.15) is 41.7 Å². The molecule has 0 spiro atoms. The van der Waals surface area contributed by atoms with E-state index in [9.17, 15) is 17.6 Å². The molecule has 0 saturated carbocycles. The molecular weight excluding hydrogens is 443 g/mol. The topological polar surface area (TPSA) is 91.4 Å². The number of halogens is 1. The number of amides is 1. The molecule has 1 saturated heterocycles. The van der Waals surface area contributed by atoms with E-state index in [4.69, 9.17) is 0 Å². The highest BCUT2D eigenvalue weighted by atomic mass is 32.2. The second-order valence-corrected chi connectivity index (χ2v) is 9.88. The summed E-state index contributed by atoms with van der Waals surface area (Å²) >= 11 is 0. The van der Waals surface area contributed by atoms with Gasteiger partial charge >= 0.3 is 0 Å². The third-order valence-corrected chi connectivity index (χ3v) is 7.46. The molecule has 4 rings (SSSR count). The van der Waals surface area contributed by atoms with E-state index in [2.05, 4.69) is 15.6 Å². The van der Waals surface area contributed by atoms with Crippen LogP contribution in [0.4, 0.5) is 15.9 Å². The van der Waals surface area contributed by atoms with Crippen molar-refractivity contribution in [3.05, 3.63) is 83.8 Å². The van der Waals surface area contributed by atoms with Crippen molar-refractivity contribution in [2.45, 2.75) is 30.7 Å². The largest absolute Gasteiger partial charge is 0.364 e. The van der Waals surface area contributed by atoms with E-state index in [1.165, 1.54) is 34.8 Å². The fourth-order valence-corrected chi connectivity index (χ4v) is 5.12. The molecule has 1 amide bonds. The third-order valence-electron chi connectivity index (χ3n) is 5.58. The fourth-order valence-electron chi connectivity index (χ4n) is 3.66. The first-order valence-electron chi connectivity index (χ1n) is 10.7. The first-order chi connectivity index (χ1) is 15.8. The molecule has 7 nitrogen and oxygen atoms in total. The number of sulfonamides is 1. The highest BCUT2D eigenvalue weighted by molar-refractivity contribution is 7.89. The van der Waals surface area contributed by atoms with Gasteiger partial charge in [-0.25, -0.2) is 17.8 Å². The van der Waals surface area contributed by atoms with Crippen LogP contribution in [0.5, 0.6) is 0 Å². The van der Waals surface area contributed by atoms with Crippen LogP contribution in [0.15, 0.2) is 71.8 Å². The van der Waals surface area contributed by atoms with E-state index in [-0.39, 0.29) is 16.8 Å². The van der Waals surface area contributed by atoms with Crippen molar-refractivity contribution >= 4 is 27.4 Å². The summed E-state index contributed by atoms with van der Waals surface area (Å²) in [7, 11) is -3.48. The molecule has 3 aromatic rings. The van der Waals surface area contributed by atoms with Gasteiger partial charge in [0.05, 0.1) is 0 Å². The van der Waals surface area contributed by atoms with Crippen molar-refractivity contribution in [2.75, 3.05) is 23.7 Å². The standard InChI is InChI=1S/C24H25FN4O3S/c1-17(27-23-13-12-22(16-26-23)33(31,32)29-14-2-3-15-29)18-6-10-21(11-7-18)28-24(30)19-4-8-20(25)9-5-19/h4-13,16-17H,2-3,14-15H2,1H3,(H,26,27)(H,28,30). The van der Waals surface area contributed by atoms with E-state index in [1.807, 2.05) is 19.1 Å². The van der Waals surface area contributed by atoms with Crippen LogP contribution in [0, 0.1) is 5.82 Å². The van der Waals surface area contributed by atoms with E-state index in [0.29, 0.717) is 30.2 Å². The Labute approximate surface area is 192 Å². The lowest BCUT2D eigenvalue weighted by Crippen LogP contribution is -2.27. The Kier molecular flexibility index (Phi) is 6.71. The number of aromatic nitrogens is 1. The van der Waals surface area contributed by atoms with Crippen LogP contribution >= 0.6 is 0 Å². The third kappa shape index (κ3) is 5.37. The Morgan fingerprint density at radius 3 is 2.27 bits per heavy atom. The predicted molar refractivity (Wildman–Crippen MR) is 125 cm³/mol. The van der Waals surface area contributed by atoms with E-state index >= 15 is 0 Å². The second-order valence-electron chi connectivity index (χ2n) is 7.94. The minimum Gasteiger partial charge on any atom is -0.364 e. The van der Waals surface area contributed by atoms with Gasteiger partial charge in [-0.05, 0) is 73.9 Å². The zero-order valence-corrected chi connectivity index (χ0v) is 19.0. The summed E-state index contributed by atoms with van der Waals surface area (Å²) in [6.45, 7) is 3.07. The number of hydrogen-bond acceptors (Lipinski definition) is 5. The summed E-state index contributed by atoms with van der Waals surface area (Å²) in [6, 6.07) is 15.8. The molecule has 0 aliphatic carbocycles. The lowest BCUT2D eigenvalue weighted by Gasteiger charge is -2.17. The van der Waals surface area contributed by atoms with Gasteiger partial charge in [0.1, 0.15) is 16.5 Å². The number of pyridine rings is 1. The van der Waals surface area contributed by atoms with Gasteiger partial charge in [-0.3, -0.25) is 4.79 Å². The normalized spacial score (nSPS) is 15.2. The maximum Gasteiger partial charge on any atom is 0.255 e. The molecule has 1 fully saturated rings. The van der Waals surface area contributed by atoms with Gasteiger partial charge in [-0.15, -0.1) is 0 Å². The summed E-state index contributed by atoms with van der Waals surface area (Å²) in [5.74, 6) is -0.145. The number of hydrogen-bond donors (Lipinski definition) is 2. The van der Waals surface area contributed by atoms with Gasteiger partial charge in [0.2, 0.25) is 10.0 Å². The molecule has 33 heavy (non-hydrogen) atoms. The Morgan fingerprint density at radius 1 is 1.00 bits per heavy atom. The van der Waals surface area contributed by atoms with Gasteiger partial charge < -0.3 is 10.6 Å². The van der Waals surface area contributed by atoms with Gasteiger partial charge in [0.25, 0.3) is 5.91 Å². The van der Waals surface area contributed by atoms with E-state index in [0.717, 1.165) is 18.4 Å². The van der Waals surface area contributed by atoms with Gasteiger partial charge in [-0.2, -0.15) is 4.31 Å². The van der Waals surface area contributed by atoms with Crippen LogP contribution in [0.25, 0.3) is 0 Å². The lowest BCUT2D eigenvalue weighted by molar-refractivity contribution is 0.102. The summed E-state index contributed by atoms with van der Waals surface area (Å²) in [5, 5.41) is 6.04. The maximum atomic E-state index is 13.0. The Bertz CT molecular complexity index is 1210. The summed E-state index contributed by atoms with van der Waals surface area (Å²) < 4.78 is 39.8. The first-order valence-corrected chi connectivity index (χ1v) is 12.2. The maximum absolute atomic E-state index is 13.0. The molecule has 9 heteroatoms. The average Bonchev–Trinajstić information content (AvgIpc) is 3.36. The molecule has 172 valence electrons. The Morgan fingerprint density at radius 2 is 1.67 bits per heavy atom. The van der Waals surface area contributed by atoms with E-state index < -0.39 is 15.8 Å². The highest BCUT2D eigenvalue weighted by Crippen LogP contribution is 2.23. The zero-order chi connectivity index (χ0) is 23.4. The smallest absolute Gasteiger partial charge is 0.255 e. The minimum absolute atomic E-state index is 0.0969. The quantitative estimate of drug-likeness (QED) is 0.535. The van der Waals surface area contributed by atoms with Crippen molar-refractivity contribution < 1.29 is 17.6 Å². The van der Waals surface area contributed by atoms with Gasteiger partial charge in [0.15, 0.2) is 0 Å². The predicted octanol–water partition coefficient (Wildman–Crippen LogP) is 4.43. The Hall–Kier alpha value is -3.30. The molecule has 2 aromatic carbocycles. The number of nitrogens with one attached hydrogen (secondary N) is 2. The van der Waals surface area contributed by atoms with Crippen LogP contribution in [-0.4, -0.2) is 36.7 Å². The van der Waals surface area contributed by atoms with Crippen molar-refractivity contribution in [1.82, 2.24) is 9.29 Å². The second kappa shape index (κ2) is 9.68. The van der Waals surface area contributed by atoms with Crippen molar-refractivity contribution in [1.29, 1.82) is 0 Å². The van der Waals surface area contributed by atoms with Crippen LogP contribution in [0.2, 0.25) is 0 Å². The molecule has 1 aliphatic rings. The van der Waals surface area contributed by atoms with Crippen molar-refractivity contribution in [3.63, 3.8) is 0 Å². The molecule has 0 bridgehead atoms. The monoisotopic (exact) mass is 468 g/mol. The number of benzene rings is 2. The summed E-state index contributed by atoms with van der Waals surface area (Å²) in [4.78, 5) is 16.7. The zero-order valence-electron chi connectivity index (χ0n) is 18.2. The molecular formula is C24H25FN4O3S. The van der Waals surface area contributed by atoms with Gasteiger partial charge in [-0.1, -0.05) is 12.1 Å². The fraction of sp³-hybridized carbons (Fsp3) is 0.250. The number of nitrogens with zero attached hydrogens (tertiary/aromatic N) is 2. The number of carbonyl (C=O) groups is 1. The molecule has 2 N–H and O–H groups in total. The molecule has 2 heterocycles. The van der Waals surface area contributed by atoms with Crippen LogP contribution < -0.4 is 10.6 Å². The summed E-state index contributed by atoms with van der Waals surface area (Å²) in [6.07, 6.45) is 3.16. The van der Waals surface area contributed by atoms with Crippen LogP contribution in [-0.2, 0) is 10.0 Å². The minimum atomic E-state index is -3.48. The van der Waals surface area contributed by atoms with Crippen LogP contribution in [0.3, 0.4) is 0 Å². The molecule has 1 atom stereocenters. The summed E-state index contributed by atoms with van der Waals surface area (Å²) in [5.41, 5.74) is 1.96. The average molecular weight is 469 g/mol. The van der Waals surface area contributed by atoms with Gasteiger partial charge in [0, 0.05) is 36.6 Å². The number of carbonyl (C=O) groups excluding carboxylic acids is 1. The first kappa shape index (κ1) is 22.9. The van der Waals surface area contributed by atoms with Crippen molar-refractivity contribution in [3.8, 4) is 0 Å². The molecule has 1 aliphatic heterocycles. The molecule has 1 unspecified atom stereocenters.